The van der Waals surface area contributed by atoms with E-state index in [4.69, 9.17) is 21.1 Å². The normalized spacial score (nSPS) is 22.2. The van der Waals surface area contributed by atoms with Gasteiger partial charge in [0.1, 0.15) is 6.04 Å². The fourth-order valence-corrected chi connectivity index (χ4v) is 5.32. The van der Waals surface area contributed by atoms with Crippen molar-refractivity contribution in [1.29, 1.82) is 0 Å². The quantitative estimate of drug-likeness (QED) is 0.648. The van der Waals surface area contributed by atoms with Crippen LogP contribution in [0.4, 0.5) is 5.69 Å². The zero-order valence-corrected chi connectivity index (χ0v) is 19.5. The number of likely N-dealkylation sites (N-methyl/N-ethyl adjacent to an activating group) is 1. The van der Waals surface area contributed by atoms with E-state index in [1.165, 1.54) is 0 Å². The number of amides is 2. The average molecular weight is 457 g/mol. The lowest BCUT2D eigenvalue weighted by Gasteiger charge is -2.34. The van der Waals surface area contributed by atoms with Gasteiger partial charge in [0.15, 0.2) is 11.5 Å². The van der Waals surface area contributed by atoms with Crippen LogP contribution in [0.5, 0.6) is 11.5 Å². The summed E-state index contributed by atoms with van der Waals surface area (Å²) in [5.41, 5.74) is 1.22. The minimum Gasteiger partial charge on any atom is -0.493 e. The molecule has 1 saturated heterocycles. The second kappa shape index (κ2) is 9.41. The van der Waals surface area contributed by atoms with Crippen LogP contribution >= 0.6 is 11.6 Å². The maximum Gasteiger partial charge on any atom is 0.254 e. The summed E-state index contributed by atoms with van der Waals surface area (Å²) in [4.78, 5) is 30.7. The molecule has 1 heterocycles. The van der Waals surface area contributed by atoms with Gasteiger partial charge in [-0.15, -0.1) is 0 Å². The van der Waals surface area contributed by atoms with E-state index < -0.39 is 6.04 Å². The Hall–Kier alpha value is -2.73. The largest absolute Gasteiger partial charge is 0.493 e. The minimum absolute atomic E-state index is 0.0861. The Morgan fingerprint density at radius 2 is 1.78 bits per heavy atom. The van der Waals surface area contributed by atoms with Gasteiger partial charge in [0.05, 0.1) is 14.2 Å². The molecule has 0 bridgehead atoms. The van der Waals surface area contributed by atoms with Crippen molar-refractivity contribution in [2.24, 2.45) is 5.92 Å². The predicted molar refractivity (Wildman–Crippen MR) is 125 cm³/mol. The molecule has 0 spiro atoms. The lowest BCUT2D eigenvalue weighted by atomic mass is 9.84. The van der Waals surface area contributed by atoms with Crippen molar-refractivity contribution in [1.82, 2.24) is 4.90 Å². The summed E-state index contributed by atoms with van der Waals surface area (Å²) in [6.07, 6.45) is 4.89. The third-order valence-corrected chi connectivity index (χ3v) is 7.00. The molecule has 0 N–H and O–H groups in total. The third kappa shape index (κ3) is 4.16. The van der Waals surface area contributed by atoms with Crippen LogP contribution in [0.1, 0.15) is 42.5 Å². The van der Waals surface area contributed by atoms with Gasteiger partial charge in [0, 0.05) is 35.4 Å². The van der Waals surface area contributed by atoms with Crippen LogP contribution in [-0.2, 0) is 4.79 Å². The molecule has 2 aromatic rings. The van der Waals surface area contributed by atoms with Crippen LogP contribution in [0.3, 0.4) is 0 Å². The first kappa shape index (κ1) is 22.5. The van der Waals surface area contributed by atoms with Gasteiger partial charge in [0.2, 0.25) is 5.91 Å². The molecule has 2 aromatic carbocycles. The Bertz CT molecular complexity index is 1010. The van der Waals surface area contributed by atoms with Crippen LogP contribution in [0, 0.1) is 5.92 Å². The maximum absolute atomic E-state index is 13.7. The van der Waals surface area contributed by atoms with Crippen LogP contribution in [0.2, 0.25) is 5.02 Å². The zero-order valence-electron chi connectivity index (χ0n) is 18.7. The van der Waals surface area contributed by atoms with Gasteiger partial charge in [-0.2, -0.15) is 0 Å². The first-order valence-electron chi connectivity index (χ1n) is 11.0. The fraction of sp³-hybridized carbons (Fsp3) is 0.440. The van der Waals surface area contributed by atoms with Crippen molar-refractivity contribution >= 4 is 29.1 Å². The topological polar surface area (TPSA) is 59.1 Å². The second-order valence-electron chi connectivity index (χ2n) is 8.52. The molecular weight excluding hydrogens is 428 g/mol. The van der Waals surface area contributed by atoms with Gasteiger partial charge in [-0.3, -0.25) is 9.59 Å². The fourth-order valence-electron chi connectivity index (χ4n) is 5.13. The SMILES string of the molecule is COc1ccc(N(C)C(=O)C2CC3CCCCC3N2C(=O)c2cccc(Cl)c2)cc1OC. The van der Waals surface area contributed by atoms with E-state index in [0.717, 1.165) is 25.7 Å². The number of carbonyl (C=O) groups excluding carboxylic acids is 2. The number of anilines is 1. The molecule has 3 atom stereocenters. The molecule has 1 aliphatic carbocycles. The number of methoxy groups -OCH3 is 2. The third-order valence-electron chi connectivity index (χ3n) is 6.76. The van der Waals surface area contributed by atoms with Crippen molar-refractivity contribution < 1.29 is 19.1 Å². The van der Waals surface area contributed by atoms with Gasteiger partial charge >= 0.3 is 0 Å². The molecule has 3 unspecified atom stereocenters. The summed E-state index contributed by atoms with van der Waals surface area (Å²) in [5.74, 6) is 1.28. The Balaban J connectivity index is 1.65. The average Bonchev–Trinajstić information content (AvgIpc) is 3.21. The number of carbonyl (C=O) groups is 2. The highest BCUT2D eigenvalue weighted by molar-refractivity contribution is 6.31. The smallest absolute Gasteiger partial charge is 0.254 e. The number of halogens is 1. The number of nitrogens with zero attached hydrogens (tertiary/aromatic N) is 2. The van der Waals surface area contributed by atoms with Crippen LogP contribution < -0.4 is 14.4 Å². The van der Waals surface area contributed by atoms with Gasteiger partial charge in [-0.1, -0.05) is 30.5 Å². The number of fused-ring (bicyclic) bond motifs is 1. The van der Waals surface area contributed by atoms with Crippen LogP contribution in [-0.4, -0.2) is 50.1 Å². The predicted octanol–water partition coefficient (Wildman–Crippen LogP) is 4.79. The van der Waals surface area contributed by atoms with E-state index in [-0.39, 0.29) is 17.9 Å². The molecule has 4 rings (SSSR count). The van der Waals surface area contributed by atoms with E-state index in [1.54, 1.807) is 62.6 Å². The van der Waals surface area contributed by atoms with Gasteiger partial charge in [-0.05, 0) is 55.5 Å². The molecule has 32 heavy (non-hydrogen) atoms. The highest BCUT2D eigenvalue weighted by Crippen LogP contribution is 2.42. The lowest BCUT2D eigenvalue weighted by Crippen LogP contribution is -2.50. The van der Waals surface area contributed by atoms with Crippen molar-refractivity contribution in [2.75, 3.05) is 26.2 Å². The molecule has 0 radical (unpaired) electrons. The number of likely N-dealkylation sites (tertiary alicyclic amines) is 1. The lowest BCUT2D eigenvalue weighted by molar-refractivity contribution is -0.122. The maximum atomic E-state index is 13.7. The monoisotopic (exact) mass is 456 g/mol. The molecule has 6 nitrogen and oxygen atoms in total. The van der Waals surface area contributed by atoms with E-state index >= 15 is 0 Å². The number of hydrogen-bond donors (Lipinski definition) is 0. The zero-order chi connectivity index (χ0) is 22.8. The number of benzene rings is 2. The summed E-state index contributed by atoms with van der Waals surface area (Å²) in [6.45, 7) is 0. The van der Waals surface area contributed by atoms with E-state index in [1.807, 2.05) is 11.0 Å². The second-order valence-corrected chi connectivity index (χ2v) is 8.96. The van der Waals surface area contributed by atoms with E-state index in [2.05, 4.69) is 0 Å². The van der Waals surface area contributed by atoms with Gasteiger partial charge < -0.3 is 19.3 Å². The summed E-state index contributed by atoms with van der Waals surface area (Å²) < 4.78 is 10.7. The van der Waals surface area contributed by atoms with Crippen molar-refractivity contribution in [3.8, 4) is 11.5 Å². The van der Waals surface area contributed by atoms with Gasteiger partial charge in [-0.25, -0.2) is 0 Å². The van der Waals surface area contributed by atoms with E-state index in [9.17, 15) is 9.59 Å². The molecule has 7 heteroatoms. The van der Waals surface area contributed by atoms with Crippen LogP contribution in [0.15, 0.2) is 42.5 Å². The number of ether oxygens (including phenoxy) is 2. The number of rotatable bonds is 5. The molecule has 1 saturated carbocycles. The minimum atomic E-state index is -0.507. The summed E-state index contributed by atoms with van der Waals surface area (Å²) in [5, 5.41) is 0.514. The highest BCUT2D eigenvalue weighted by Gasteiger charge is 2.48. The van der Waals surface area contributed by atoms with Crippen LogP contribution in [0.25, 0.3) is 0 Å². The van der Waals surface area contributed by atoms with Crippen molar-refractivity contribution in [2.45, 2.75) is 44.2 Å². The summed E-state index contributed by atoms with van der Waals surface area (Å²) in [7, 11) is 4.89. The Morgan fingerprint density at radius 3 is 2.50 bits per heavy atom. The molecular formula is C25H29ClN2O4. The van der Waals surface area contributed by atoms with Crippen molar-refractivity contribution in [3.05, 3.63) is 53.1 Å². The first-order chi connectivity index (χ1) is 15.4. The number of hydrogen-bond acceptors (Lipinski definition) is 4. The molecule has 2 amide bonds. The first-order valence-corrected chi connectivity index (χ1v) is 11.4. The van der Waals surface area contributed by atoms with Crippen molar-refractivity contribution in [3.63, 3.8) is 0 Å². The molecule has 1 aliphatic heterocycles. The van der Waals surface area contributed by atoms with E-state index in [0.29, 0.717) is 40.1 Å². The molecule has 170 valence electrons. The van der Waals surface area contributed by atoms with Gasteiger partial charge in [0.25, 0.3) is 5.91 Å². The molecule has 0 aromatic heterocycles. The molecule has 2 fully saturated rings. The standard InChI is InChI=1S/C25H29ClN2O4/c1-27(19-11-12-22(31-2)23(15-19)32-3)25(30)21-14-16-7-4-5-10-20(16)28(21)24(29)17-8-6-9-18(26)13-17/h6,8-9,11-13,15-16,20-21H,4-5,7,10,14H2,1-3H3. The Kier molecular flexibility index (Phi) is 6.60. The highest BCUT2D eigenvalue weighted by atomic mass is 35.5. The Labute approximate surface area is 194 Å². The Morgan fingerprint density at radius 1 is 1.03 bits per heavy atom. The summed E-state index contributed by atoms with van der Waals surface area (Å²) >= 11 is 6.15. The summed E-state index contributed by atoms with van der Waals surface area (Å²) in [6, 6.07) is 11.9. The molecule has 2 aliphatic rings.